The highest BCUT2D eigenvalue weighted by atomic mass is 19.4. The number of hydrogen-bond donors (Lipinski definition) is 4. The van der Waals surface area contributed by atoms with Crippen LogP contribution in [0.2, 0.25) is 0 Å². The Hall–Kier alpha value is -4.18. The highest BCUT2D eigenvalue weighted by molar-refractivity contribution is 6.02. The van der Waals surface area contributed by atoms with Gasteiger partial charge in [-0.2, -0.15) is 18.3 Å². The van der Waals surface area contributed by atoms with Crippen molar-refractivity contribution < 1.29 is 27.9 Å². The van der Waals surface area contributed by atoms with E-state index in [0.29, 0.717) is 16.8 Å². The highest BCUT2D eigenvalue weighted by Gasteiger charge is 2.30. The van der Waals surface area contributed by atoms with Gasteiger partial charge in [0.25, 0.3) is 5.91 Å². The Bertz CT molecular complexity index is 1320. The first-order valence-corrected chi connectivity index (χ1v) is 10.2. The van der Waals surface area contributed by atoms with E-state index in [1.165, 1.54) is 24.3 Å². The average molecular weight is 468 g/mol. The van der Waals surface area contributed by atoms with Crippen molar-refractivity contribution in [1.29, 1.82) is 0 Å². The van der Waals surface area contributed by atoms with Gasteiger partial charge in [-0.3, -0.25) is 14.7 Å². The van der Waals surface area contributed by atoms with Crippen molar-refractivity contribution in [2.24, 2.45) is 0 Å². The van der Waals surface area contributed by atoms with Crippen molar-refractivity contribution in [3.8, 4) is 11.1 Å². The molecule has 4 rings (SSSR count). The third-order valence-electron chi connectivity index (χ3n) is 5.21. The fraction of sp³-hybridized carbons (Fsp3) is 0.125. The summed E-state index contributed by atoms with van der Waals surface area (Å²) in [6.07, 6.45) is -2.78. The number of anilines is 1. The van der Waals surface area contributed by atoms with Crippen LogP contribution in [0.3, 0.4) is 0 Å². The van der Waals surface area contributed by atoms with Crippen molar-refractivity contribution in [1.82, 2.24) is 15.5 Å². The molecule has 0 aliphatic heterocycles. The predicted octanol–water partition coefficient (Wildman–Crippen LogP) is 3.98. The first-order valence-electron chi connectivity index (χ1n) is 10.2. The van der Waals surface area contributed by atoms with E-state index in [2.05, 4.69) is 20.8 Å². The average Bonchev–Trinajstić information content (AvgIpc) is 3.30. The molecule has 0 spiro atoms. The van der Waals surface area contributed by atoms with Crippen molar-refractivity contribution in [3.63, 3.8) is 0 Å². The van der Waals surface area contributed by atoms with Crippen LogP contribution in [0.25, 0.3) is 22.0 Å². The number of aliphatic hydroxyl groups is 1. The van der Waals surface area contributed by atoms with E-state index in [4.69, 9.17) is 0 Å². The predicted molar refractivity (Wildman–Crippen MR) is 120 cm³/mol. The maximum atomic E-state index is 12.7. The number of benzene rings is 3. The monoisotopic (exact) mass is 468 g/mol. The molecule has 4 aromatic rings. The van der Waals surface area contributed by atoms with Gasteiger partial charge in [0.1, 0.15) is 6.04 Å². The van der Waals surface area contributed by atoms with Gasteiger partial charge in [0.15, 0.2) is 0 Å². The number of halogens is 3. The molecular formula is C24H19F3N4O3. The quantitative estimate of drug-likeness (QED) is 0.343. The van der Waals surface area contributed by atoms with E-state index in [9.17, 15) is 27.9 Å². The molecule has 0 aliphatic carbocycles. The van der Waals surface area contributed by atoms with Gasteiger partial charge in [0.2, 0.25) is 5.91 Å². The lowest BCUT2D eigenvalue weighted by atomic mass is 10.0. The summed E-state index contributed by atoms with van der Waals surface area (Å²) in [5.41, 5.74) is 1.84. The second-order valence-corrected chi connectivity index (χ2v) is 7.52. The number of aromatic amines is 1. The van der Waals surface area contributed by atoms with Crippen LogP contribution in [-0.2, 0) is 11.0 Å². The summed E-state index contributed by atoms with van der Waals surface area (Å²) >= 11 is 0. The second-order valence-electron chi connectivity index (χ2n) is 7.52. The Morgan fingerprint density at radius 3 is 2.24 bits per heavy atom. The maximum Gasteiger partial charge on any atom is 0.416 e. The third-order valence-corrected chi connectivity index (χ3v) is 5.21. The Labute approximate surface area is 191 Å². The topological polar surface area (TPSA) is 107 Å². The number of alkyl halides is 3. The van der Waals surface area contributed by atoms with Gasteiger partial charge in [-0.05, 0) is 53.6 Å². The Balaban J connectivity index is 1.40. The third kappa shape index (κ3) is 5.07. The minimum atomic E-state index is -4.41. The molecule has 10 heteroatoms. The van der Waals surface area contributed by atoms with E-state index >= 15 is 0 Å². The fourth-order valence-corrected chi connectivity index (χ4v) is 3.35. The second kappa shape index (κ2) is 9.36. The van der Waals surface area contributed by atoms with Crippen LogP contribution in [0.4, 0.5) is 18.9 Å². The minimum absolute atomic E-state index is 0.223. The van der Waals surface area contributed by atoms with Crippen molar-refractivity contribution in [2.75, 3.05) is 11.9 Å². The summed E-state index contributed by atoms with van der Waals surface area (Å²) in [7, 11) is 0. The first-order chi connectivity index (χ1) is 16.2. The number of amides is 2. The molecule has 0 aliphatic rings. The zero-order valence-electron chi connectivity index (χ0n) is 17.6. The molecular weight excluding hydrogens is 449 g/mol. The van der Waals surface area contributed by atoms with Crippen LogP contribution in [0.5, 0.6) is 0 Å². The maximum absolute atomic E-state index is 12.7. The van der Waals surface area contributed by atoms with Crippen LogP contribution in [0.15, 0.2) is 72.9 Å². The molecule has 4 N–H and O–H groups in total. The van der Waals surface area contributed by atoms with E-state index in [-0.39, 0.29) is 5.56 Å². The number of fused-ring (bicyclic) bond motifs is 1. The van der Waals surface area contributed by atoms with Crippen molar-refractivity contribution >= 4 is 28.4 Å². The SMILES string of the molecule is O=C(NC(CO)C(=O)Nc1ccc2cn[nH]c2c1)c1ccc(-c2ccc(C(F)(F)F)cc2)cc1. The van der Waals surface area contributed by atoms with E-state index in [1.54, 1.807) is 36.5 Å². The van der Waals surface area contributed by atoms with Crippen molar-refractivity contribution in [2.45, 2.75) is 12.2 Å². The summed E-state index contributed by atoms with van der Waals surface area (Å²) in [6, 6.07) is 14.8. The lowest BCUT2D eigenvalue weighted by molar-refractivity contribution is -0.137. The number of carbonyl (C=O) groups is 2. The molecule has 1 unspecified atom stereocenters. The number of nitrogens with zero attached hydrogens (tertiary/aromatic N) is 1. The lowest BCUT2D eigenvalue weighted by Crippen LogP contribution is -2.46. The number of aliphatic hydroxyl groups excluding tert-OH is 1. The van der Waals surface area contributed by atoms with Gasteiger partial charge >= 0.3 is 6.18 Å². The largest absolute Gasteiger partial charge is 0.416 e. The molecule has 7 nitrogen and oxygen atoms in total. The van der Waals surface area contributed by atoms with Gasteiger partial charge in [0.05, 0.1) is 23.9 Å². The Morgan fingerprint density at radius 1 is 0.971 bits per heavy atom. The van der Waals surface area contributed by atoms with Crippen LogP contribution in [0.1, 0.15) is 15.9 Å². The smallest absolute Gasteiger partial charge is 0.394 e. The molecule has 1 heterocycles. The van der Waals surface area contributed by atoms with E-state index in [0.717, 1.165) is 23.0 Å². The van der Waals surface area contributed by atoms with Crippen LogP contribution in [0, 0.1) is 0 Å². The van der Waals surface area contributed by atoms with Gasteiger partial charge < -0.3 is 15.7 Å². The fourth-order valence-electron chi connectivity index (χ4n) is 3.35. The zero-order valence-corrected chi connectivity index (χ0v) is 17.6. The van der Waals surface area contributed by atoms with Crippen LogP contribution >= 0.6 is 0 Å². The van der Waals surface area contributed by atoms with Crippen molar-refractivity contribution in [3.05, 3.63) is 84.1 Å². The molecule has 0 radical (unpaired) electrons. The molecule has 174 valence electrons. The molecule has 1 aromatic heterocycles. The molecule has 0 fully saturated rings. The summed E-state index contributed by atoms with van der Waals surface area (Å²) in [6.45, 7) is -0.618. The number of carbonyl (C=O) groups excluding carboxylic acids is 2. The Morgan fingerprint density at radius 2 is 1.62 bits per heavy atom. The molecule has 0 bridgehead atoms. The normalized spacial score (nSPS) is 12.4. The molecule has 1 atom stereocenters. The summed E-state index contributed by atoms with van der Waals surface area (Å²) in [5, 5.41) is 22.3. The van der Waals surface area contributed by atoms with E-state index in [1.807, 2.05) is 0 Å². The number of hydrogen-bond acceptors (Lipinski definition) is 4. The zero-order chi connectivity index (χ0) is 24.3. The number of aromatic nitrogens is 2. The van der Waals surface area contributed by atoms with Gasteiger partial charge in [-0.15, -0.1) is 0 Å². The van der Waals surface area contributed by atoms with Crippen LogP contribution in [-0.4, -0.2) is 39.8 Å². The molecule has 0 saturated heterocycles. The first kappa shape index (κ1) is 23.0. The van der Waals surface area contributed by atoms with Crippen LogP contribution < -0.4 is 10.6 Å². The molecule has 0 saturated carbocycles. The van der Waals surface area contributed by atoms with Gasteiger partial charge in [0, 0.05) is 16.6 Å². The van der Waals surface area contributed by atoms with E-state index < -0.39 is 36.2 Å². The Kier molecular flexibility index (Phi) is 6.33. The molecule has 3 aromatic carbocycles. The summed E-state index contributed by atoms with van der Waals surface area (Å²) in [5.74, 6) is -1.19. The molecule has 34 heavy (non-hydrogen) atoms. The highest BCUT2D eigenvalue weighted by Crippen LogP contribution is 2.31. The molecule has 2 amide bonds. The summed E-state index contributed by atoms with van der Waals surface area (Å²) < 4.78 is 38.2. The number of H-pyrrole nitrogens is 1. The summed E-state index contributed by atoms with van der Waals surface area (Å²) in [4.78, 5) is 25.1. The standard InChI is InChI=1S/C24H19F3N4O3/c25-24(26,27)18-8-5-15(6-9-18)14-1-3-16(4-2-14)22(33)30-21(13-32)23(34)29-19-10-7-17-12-28-31-20(17)11-19/h1-12,21,32H,13H2,(H,28,31)(H,29,34)(H,30,33). The number of nitrogens with one attached hydrogen (secondary N) is 3. The van der Waals surface area contributed by atoms with Gasteiger partial charge in [-0.25, -0.2) is 0 Å². The lowest BCUT2D eigenvalue weighted by Gasteiger charge is -2.16. The van der Waals surface area contributed by atoms with Gasteiger partial charge in [-0.1, -0.05) is 24.3 Å². The minimum Gasteiger partial charge on any atom is -0.394 e. The number of rotatable bonds is 6.